The topological polar surface area (TPSA) is 128 Å². The number of amides is 3. The van der Waals surface area contributed by atoms with E-state index in [0.29, 0.717) is 48.0 Å². The van der Waals surface area contributed by atoms with Crippen molar-refractivity contribution < 1.29 is 33.3 Å². The number of nitrogens with one attached hydrogen (secondary N) is 2. The van der Waals surface area contributed by atoms with E-state index in [0.717, 1.165) is 5.56 Å². The molecule has 0 unspecified atom stereocenters. The van der Waals surface area contributed by atoms with Gasteiger partial charge >= 0.3 is 0 Å². The third-order valence-corrected chi connectivity index (χ3v) is 6.83. The van der Waals surface area contributed by atoms with Crippen molar-refractivity contribution in [2.75, 3.05) is 33.9 Å². The number of hydrogen-bond donors (Lipinski definition) is 2. The molecule has 3 amide bonds. The molecule has 1 fully saturated rings. The predicted octanol–water partition coefficient (Wildman–Crippen LogP) is 2.20. The van der Waals surface area contributed by atoms with E-state index < -0.39 is 12.1 Å². The Labute approximate surface area is 231 Å². The second-order valence-corrected chi connectivity index (χ2v) is 9.44. The molecule has 0 spiro atoms. The van der Waals surface area contributed by atoms with Gasteiger partial charge in [-0.05, 0) is 42.0 Å². The van der Waals surface area contributed by atoms with E-state index in [-0.39, 0.29) is 36.6 Å². The van der Waals surface area contributed by atoms with Gasteiger partial charge in [-0.15, -0.1) is 0 Å². The van der Waals surface area contributed by atoms with Gasteiger partial charge in [-0.3, -0.25) is 14.4 Å². The molecule has 11 nitrogen and oxygen atoms in total. The Kier molecular flexibility index (Phi) is 7.99. The summed E-state index contributed by atoms with van der Waals surface area (Å²) in [5.74, 6) is 0.727. The van der Waals surface area contributed by atoms with Crippen molar-refractivity contribution in [2.24, 2.45) is 0 Å². The number of fused-ring (bicyclic) bond motifs is 7. The summed E-state index contributed by atoms with van der Waals surface area (Å²) in [6, 6.07) is 14.8. The molecule has 3 aromatic rings. The van der Waals surface area contributed by atoms with Crippen LogP contribution in [-0.2, 0) is 11.3 Å². The van der Waals surface area contributed by atoms with Gasteiger partial charge in [0.1, 0.15) is 11.9 Å². The van der Waals surface area contributed by atoms with E-state index in [1.807, 2.05) is 24.3 Å². The van der Waals surface area contributed by atoms with Gasteiger partial charge in [0.15, 0.2) is 18.1 Å². The van der Waals surface area contributed by atoms with E-state index in [1.54, 1.807) is 29.2 Å². The first-order valence-electron chi connectivity index (χ1n) is 12.9. The van der Waals surface area contributed by atoms with Crippen LogP contribution < -0.4 is 29.6 Å². The molecule has 4 heterocycles. The molecule has 1 aromatic heterocycles. The van der Waals surface area contributed by atoms with Gasteiger partial charge < -0.3 is 34.5 Å². The first-order chi connectivity index (χ1) is 19.4. The second-order valence-electron chi connectivity index (χ2n) is 9.44. The lowest BCUT2D eigenvalue weighted by Crippen LogP contribution is -2.58. The number of pyridine rings is 1. The van der Waals surface area contributed by atoms with Gasteiger partial charge in [0.2, 0.25) is 5.88 Å². The number of ether oxygens (including phenoxy) is 4. The van der Waals surface area contributed by atoms with Crippen molar-refractivity contribution in [1.29, 1.82) is 0 Å². The van der Waals surface area contributed by atoms with Gasteiger partial charge in [-0.2, -0.15) is 0 Å². The fourth-order valence-corrected chi connectivity index (χ4v) is 4.67. The van der Waals surface area contributed by atoms with Crippen molar-refractivity contribution >= 4 is 17.7 Å². The molecule has 0 radical (unpaired) electrons. The minimum Gasteiger partial charge on any atom is -0.493 e. The molecule has 1 saturated heterocycles. The van der Waals surface area contributed by atoms with E-state index in [1.165, 1.54) is 26.5 Å². The SMILES string of the molecule is COc1cc(C(=O)N2CC[C@H]3Oc4ccc(cc4)CNC(=O)COc4cc(ccc4OC)C(=O)N[C@H]3C2)ccn1. The highest BCUT2D eigenvalue weighted by molar-refractivity contribution is 5.96. The minimum atomic E-state index is -0.515. The minimum absolute atomic E-state index is 0.196. The molecular formula is C29H30N4O7. The van der Waals surface area contributed by atoms with Gasteiger partial charge in [-0.1, -0.05) is 12.1 Å². The average Bonchev–Trinajstić information content (AvgIpc) is 2.99. The molecule has 40 heavy (non-hydrogen) atoms. The molecule has 208 valence electrons. The van der Waals surface area contributed by atoms with Crippen LogP contribution in [0.3, 0.4) is 0 Å². The van der Waals surface area contributed by atoms with Crippen LogP contribution >= 0.6 is 0 Å². The summed E-state index contributed by atoms with van der Waals surface area (Å²) in [6.07, 6.45) is 1.62. The zero-order valence-corrected chi connectivity index (χ0v) is 22.2. The summed E-state index contributed by atoms with van der Waals surface area (Å²) in [4.78, 5) is 44.9. The lowest BCUT2D eigenvalue weighted by atomic mass is 10.00. The number of methoxy groups -OCH3 is 2. The predicted molar refractivity (Wildman–Crippen MR) is 144 cm³/mol. The van der Waals surface area contributed by atoms with Gasteiger partial charge in [-0.25, -0.2) is 4.98 Å². The Morgan fingerprint density at radius 1 is 1.05 bits per heavy atom. The monoisotopic (exact) mass is 546 g/mol. The Hall–Kier alpha value is -4.80. The molecule has 2 atom stereocenters. The van der Waals surface area contributed by atoms with E-state index in [9.17, 15) is 14.4 Å². The van der Waals surface area contributed by atoms with Crippen LogP contribution in [-0.4, -0.2) is 73.7 Å². The molecule has 2 N–H and O–H groups in total. The van der Waals surface area contributed by atoms with Crippen molar-refractivity contribution in [1.82, 2.24) is 20.5 Å². The highest BCUT2D eigenvalue weighted by atomic mass is 16.5. The first-order valence-corrected chi connectivity index (χ1v) is 12.9. The maximum Gasteiger partial charge on any atom is 0.258 e. The molecular weight excluding hydrogens is 516 g/mol. The summed E-state index contributed by atoms with van der Waals surface area (Å²) in [5.41, 5.74) is 1.64. The first kappa shape index (κ1) is 26.8. The summed E-state index contributed by atoms with van der Waals surface area (Å²) >= 11 is 0. The standard InChI is InChI=1S/C29H30N4O7/c1-37-24-8-5-19-13-25(24)39-17-26(34)31-15-18-3-6-21(7-4-18)40-23-10-12-33(16-22(23)32-28(19)35)29(36)20-9-11-30-27(14-20)38-2/h3-9,11,13-14,22-23H,10,12,15-17H2,1-2H3,(H,31,34)(H,32,35)/t22-,23+/m0/s1. The Morgan fingerprint density at radius 3 is 2.65 bits per heavy atom. The highest BCUT2D eigenvalue weighted by Crippen LogP contribution is 2.29. The zero-order valence-electron chi connectivity index (χ0n) is 22.2. The number of carbonyl (C=O) groups is 3. The smallest absolute Gasteiger partial charge is 0.258 e. The Balaban J connectivity index is 1.44. The van der Waals surface area contributed by atoms with Crippen LogP contribution in [0.2, 0.25) is 0 Å². The lowest BCUT2D eigenvalue weighted by Gasteiger charge is -2.39. The van der Waals surface area contributed by atoms with E-state index >= 15 is 0 Å². The summed E-state index contributed by atoms with van der Waals surface area (Å²) < 4.78 is 22.5. The summed E-state index contributed by atoms with van der Waals surface area (Å²) in [5, 5.41) is 5.86. The van der Waals surface area contributed by atoms with Crippen molar-refractivity contribution in [3.63, 3.8) is 0 Å². The molecule has 11 heteroatoms. The van der Waals surface area contributed by atoms with Gasteiger partial charge in [0, 0.05) is 49.4 Å². The number of nitrogens with zero attached hydrogens (tertiary/aromatic N) is 2. The lowest BCUT2D eigenvalue weighted by molar-refractivity contribution is -0.123. The Morgan fingerprint density at radius 2 is 1.88 bits per heavy atom. The van der Waals surface area contributed by atoms with Crippen LogP contribution in [0.25, 0.3) is 0 Å². The van der Waals surface area contributed by atoms with Crippen molar-refractivity contribution in [3.8, 4) is 23.1 Å². The Bertz CT molecular complexity index is 1400. The van der Waals surface area contributed by atoms with Crippen LogP contribution in [0.4, 0.5) is 0 Å². The van der Waals surface area contributed by atoms with Crippen molar-refractivity contribution in [2.45, 2.75) is 25.1 Å². The van der Waals surface area contributed by atoms with Crippen LogP contribution in [0.5, 0.6) is 23.1 Å². The van der Waals surface area contributed by atoms with Crippen LogP contribution in [0.15, 0.2) is 60.8 Å². The normalized spacial score (nSPS) is 19.2. The maximum atomic E-state index is 13.4. The molecule has 6 rings (SSSR count). The molecule has 3 aliphatic heterocycles. The third kappa shape index (κ3) is 6.09. The molecule has 0 aliphatic carbocycles. The molecule has 4 bridgehead atoms. The highest BCUT2D eigenvalue weighted by Gasteiger charge is 2.35. The number of benzene rings is 2. The van der Waals surface area contributed by atoms with E-state index in [2.05, 4.69) is 15.6 Å². The fraction of sp³-hybridized carbons (Fsp3) is 0.310. The third-order valence-electron chi connectivity index (χ3n) is 6.83. The number of hydrogen-bond acceptors (Lipinski definition) is 8. The number of carbonyl (C=O) groups excluding carboxylic acids is 3. The number of likely N-dealkylation sites (tertiary alicyclic amines) is 1. The molecule has 2 aromatic carbocycles. The van der Waals surface area contributed by atoms with Gasteiger partial charge in [0.05, 0.1) is 20.3 Å². The largest absolute Gasteiger partial charge is 0.493 e. The number of piperidine rings is 1. The number of rotatable bonds is 3. The summed E-state index contributed by atoms with van der Waals surface area (Å²) in [7, 11) is 2.97. The molecule has 0 saturated carbocycles. The van der Waals surface area contributed by atoms with Gasteiger partial charge in [0.25, 0.3) is 17.7 Å². The van der Waals surface area contributed by atoms with E-state index in [4.69, 9.17) is 18.9 Å². The van der Waals surface area contributed by atoms with Crippen LogP contribution in [0.1, 0.15) is 32.7 Å². The summed E-state index contributed by atoms with van der Waals surface area (Å²) in [6.45, 7) is 0.744. The molecule has 3 aliphatic rings. The quantitative estimate of drug-likeness (QED) is 0.512. The number of aromatic nitrogens is 1. The van der Waals surface area contributed by atoms with Crippen LogP contribution in [0, 0.1) is 0 Å². The second kappa shape index (κ2) is 11.9. The average molecular weight is 547 g/mol. The maximum absolute atomic E-state index is 13.4. The zero-order chi connectivity index (χ0) is 28.1. The van der Waals surface area contributed by atoms with Crippen molar-refractivity contribution in [3.05, 3.63) is 77.5 Å². The fourth-order valence-electron chi connectivity index (χ4n) is 4.67.